The first-order valence-corrected chi connectivity index (χ1v) is 8.32. The Morgan fingerprint density at radius 1 is 1.32 bits per heavy atom. The first kappa shape index (κ1) is 14.8. The fraction of sp³-hybridized carbons (Fsp3) is 0.800. The van der Waals surface area contributed by atoms with Gasteiger partial charge in [0.1, 0.15) is 0 Å². The van der Waals surface area contributed by atoms with E-state index < -0.39 is 0 Å². The van der Waals surface area contributed by atoms with Gasteiger partial charge in [-0.2, -0.15) is 0 Å². The van der Waals surface area contributed by atoms with Crippen LogP contribution in [0.5, 0.6) is 0 Å². The maximum Gasteiger partial charge on any atom is 0.185 e. The van der Waals surface area contributed by atoms with Crippen molar-refractivity contribution in [3.05, 3.63) is 10.6 Å². The quantitative estimate of drug-likeness (QED) is 0.891. The summed E-state index contributed by atoms with van der Waals surface area (Å²) in [6.07, 6.45) is 6.82. The van der Waals surface area contributed by atoms with Gasteiger partial charge in [0.25, 0.3) is 0 Å². The van der Waals surface area contributed by atoms with E-state index in [1.807, 2.05) is 11.3 Å². The van der Waals surface area contributed by atoms with E-state index in [0.717, 1.165) is 6.54 Å². The van der Waals surface area contributed by atoms with Crippen LogP contribution in [0.15, 0.2) is 0 Å². The highest BCUT2D eigenvalue weighted by molar-refractivity contribution is 7.15. The molecule has 1 aliphatic carbocycles. The molecule has 0 amide bonds. The first-order valence-electron chi connectivity index (χ1n) is 7.50. The molecule has 4 heteroatoms. The van der Waals surface area contributed by atoms with Crippen molar-refractivity contribution >= 4 is 16.5 Å². The lowest BCUT2D eigenvalue weighted by Gasteiger charge is -2.30. The summed E-state index contributed by atoms with van der Waals surface area (Å²) in [6.45, 7) is 7.45. The highest BCUT2D eigenvalue weighted by atomic mass is 32.1. The summed E-state index contributed by atoms with van der Waals surface area (Å²) in [5.41, 5.74) is 1.19. The Morgan fingerprint density at radius 2 is 2.00 bits per heavy atom. The lowest BCUT2D eigenvalue weighted by Crippen LogP contribution is -2.33. The maximum atomic E-state index is 4.77. The van der Waals surface area contributed by atoms with Crippen molar-refractivity contribution in [1.29, 1.82) is 0 Å². The molecule has 1 N–H and O–H groups in total. The Kier molecular flexibility index (Phi) is 5.22. The van der Waals surface area contributed by atoms with Crippen molar-refractivity contribution in [3.8, 4) is 0 Å². The number of rotatable bonds is 5. The molecule has 0 atom stereocenters. The number of anilines is 1. The van der Waals surface area contributed by atoms with E-state index in [0.29, 0.717) is 12.1 Å². The predicted molar refractivity (Wildman–Crippen MR) is 84.1 cm³/mol. The SMILES string of the molecule is Cc1nc(N(C)C2CCCCC2)sc1CNC(C)C. The van der Waals surface area contributed by atoms with Gasteiger partial charge in [-0.25, -0.2) is 4.98 Å². The Bertz CT molecular complexity index is 394. The summed E-state index contributed by atoms with van der Waals surface area (Å²) in [4.78, 5) is 8.56. The van der Waals surface area contributed by atoms with Gasteiger partial charge in [0.15, 0.2) is 5.13 Å². The summed E-state index contributed by atoms with van der Waals surface area (Å²) >= 11 is 1.86. The molecule has 1 aromatic heterocycles. The number of nitrogens with one attached hydrogen (secondary N) is 1. The summed E-state index contributed by atoms with van der Waals surface area (Å²) in [5.74, 6) is 0. The third kappa shape index (κ3) is 3.93. The maximum absolute atomic E-state index is 4.77. The molecule has 1 saturated carbocycles. The fourth-order valence-corrected chi connectivity index (χ4v) is 3.69. The van der Waals surface area contributed by atoms with Gasteiger partial charge in [-0.15, -0.1) is 11.3 Å². The second kappa shape index (κ2) is 6.71. The van der Waals surface area contributed by atoms with E-state index in [9.17, 15) is 0 Å². The lowest BCUT2D eigenvalue weighted by molar-refractivity contribution is 0.427. The van der Waals surface area contributed by atoms with Crippen LogP contribution in [0.1, 0.15) is 56.5 Å². The zero-order valence-corrected chi connectivity index (χ0v) is 13.5. The van der Waals surface area contributed by atoms with E-state index in [-0.39, 0.29) is 0 Å². The van der Waals surface area contributed by atoms with Crippen LogP contribution >= 0.6 is 11.3 Å². The highest BCUT2D eigenvalue weighted by Crippen LogP contribution is 2.30. The van der Waals surface area contributed by atoms with Gasteiger partial charge in [0.2, 0.25) is 0 Å². The van der Waals surface area contributed by atoms with Crippen LogP contribution in [0, 0.1) is 6.92 Å². The summed E-state index contributed by atoms with van der Waals surface area (Å²) in [5, 5.41) is 4.69. The van der Waals surface area contributed by atoms with Gasteiger partial charge in [0, 0.05) is 30.6 Å². The van der Waals surface area contributed by atoms with Crippen LogP contribution in [0.3, 0.4) is 0 Å². The molecule has 0 unspecified atom stereocenters. The van der Waals surface area contributed by atoms with Crippen LogP contribution in [0.25, 0.3) is 0 Å². The van der Waals surface area contributed by atoms with Gasteiger partial charge in [0.05, 0.1) is 5.69 Å². The Hall–Kier alpha value is -0.610. The lowest BCUT2D eigenvalue weighted by atomic mass is 9.95. The van der Waals surface area contributed by atoms with Gasteiger partial charge in [-0.3, -0.25) is 0 Å². The minimum Gasteiger partial charge on any atom is -0.348 e. The molecule has 108 valence electrons. The monoisotopic (exact) mass is 281 g/mol. The smallest absolute Gasteiger partial charge is 0.185 e. The average molecular weight is 281 g/mol. The van der Waals surface area contributed by atoms with Crippen molar-refractivity contribution < 1.29 is 0 Å². The molecule has 3 nitrogen and oxygen atoms in total. The van der Waals surface area contributed by atoms with E-state index >= 15 is 0 Å². The molecule has 1 aromatic rings. The van der Waals surface area contributed by atoms with E-state index in [1.54, 1.807) is 0 Å². The Balaban J connectivity index is 2.01. The van der Waals surface area contributed by atoms with Crippen molar-refractivity contribution in [1.82, 2.24) is 10.3 Å². The number of hydrogen-bond donors (Lipinski definition) is 1. The Morgan fingerprint density at radius 3 is 2.63 bits per heavy atom. The molecular weight excluding hydrogens is 254 g/mol. The largest absolute Gasteiger partial charge is 0.348 e. The minimum absolute atomic E-state index is 0.529. The second-order valence-corrected chi connectivity index (χ2v) is 7.01. The van der Waals surface area contributed by atoms with Crippen LogP contribution < -0.4 is 10.2 Å². The number of nitrogens with zero attached hydrogens (tertiary/aromatic N) is 2. The van der Waals surface area contributed by atoms with Gasteiger partial charge in [-0.05, 0) is 19.8 Å². The van der Waals surface area contributed by atoms with E-state index in [4.69, 9.17) is 4.98 Å². The molecule has 0 spiro atoms. The van der Waals surface area contributed by atoms with Crippen molar-refractivity contribution in [2.75, 3.05) is 11.9 Å². The fourth-order valence-electron chi connectivity index (χ4n) is 2.65. The van der Waals surface area contributed by atoms with Crippen LogP contribution in [0.2, 0.25) is 0 Å². The molecule has 0 radical (unpaired) electrons. The number of thiazole rings is 1. The van der Waals surface area contributed by atoms with Gasteiger partial charge in [-0.1, -0.05) is 33.1 Å². The molecular formula is C15H27N3S. The summed E-state index contributed by atoms with van der Waals surface area (Å²) in [7, 11) is 2.22. The van der Waals surface area contributed by atoms with E-state index in [2.05, 4.69) is 38.0 Å². The Labute approximate surface area is 121 Å². The molecule has 19 heavy (non-hydrogen) atoms. The molecule has 0 bridgehead atoms. The zero-order chi connectivity index (χ0) is 13.8. The van der Waals surface area contributed by atoms with Crippen molar-refractivity contribution in [2.24, 2.45) is 0 Å². The summed E-state index contributed by atoms with van der Waals surface area (Å²) < 4.78 is 0. The average Bonchev–Trinajstić information content (AvgIpc) is 2.78. The molecule has 1 aliphatic rings. The third-order valence-corrected chi connectivity index (χ3v) is 5.22. The van der Waals surface area contributed by atoms with Crippen molar-refractivity contribution in [2.45, 2.75) is 71.5 Å². The number of aryl methyl sites for hydroxylation is 1. The molecule has 0 aromatic carbocycles. The minimum atomic E-state index is 0.529. The van der Waals surface area contributed by atoms with Crippen LogP contribution in [0.4, 0.5) is 5.13 Å². The number of hydrogen-bond acceptors (Lipinski definition) is 4. The van der Waals surface area contributed by atoms with E-state index in [1.165, 1.54) is 47.8 Å². The molecule has 2 rings (SSSR count). The number of aromatic nitrogens is 1. The predicted octanol–water partition coefficient (Wildman–Crippen LogP) is 3.72. The van der Waals surface area contributed by atoms with Crippen molar-refractivity contribution in [3.63, 3.8) is 0 Å². The normalized spacial score (nSPS) is 17.1. The molecule has 0 aliphatic heterocycles. The van der Waals surface area contributed by atoms with Crippen LogP contribution in [-0.4, -0.2) is 24.1 Å². The first-order chi connectivity index (χ1) is 9.08. The highest BCUT2D eigenvalue weighted by Gasteiger charge is 2.21. The summed E-state index contributed by atoms with van der Waals surface area (Å²) in [6, 6.07) is 1.23. The molecule has 1 heterocycles. The van der Waals surface area contributed by atoms with Crippen LogP contribution in [-0.2, 0) is 6.54 Å². The standard InChI is InChI=1S/C15H27N3S/c1-11(2)16-10-14-12(3)17-15(19-14)18(4)13-8-6-5-7-9-13/h11,13,16H,5-10H2,1-4H3. The third-order valence-electron chi connectivity index (χ3n) is 3.98. The second-order valence-electron chi connectivity index (χ2n) is 5.94. The molecule has 0 saturated heterocycles. The topological polar surface area (TPSA) is 28.2 Å². The zero-order valence-electron chi connectivity index (χ0n) is 12.7. The van der Waals surface area contributed by atoms with Gasteiger partial charge >= 0.3 is 0 Å². The van der Waals surface area contributed by atoms with Gasteiger partial charge < -0.3 is 10.2 Å². The molecule has 1 fully saturated rings.